The summed E-state index contributed by atoms with van der Waals surface area (Å²) in [6.45, 7) is 0. The van der Waals surface area contributed by atoms with Crippen LogP contribution in [0.15, 0.2) is 28.7 Å². The number of nitrogens with zero attached hydrogens (tertiary/aromatic N) is 2. The zero-order chi connectivity index (χ0) is 11.8. The van der Waals surface area contributed by atoms with Crippen molar-refractivity contribution in [3.8, 4) is 11.4 Å². The van der Waals surface area contributed by atoms with E-state index in [0.29, 0.717) is 11.6 Å². The first-order chi connectivity index (χ1) is 8.25. The van der Waals surface area contributed by atoms with Crippen LogP contribution in [0.1, 0.15) is 11.3 Å². The molecule has 0 atom stereocenters. The van der Waals surface area contributed by atoms with Crippen LogP contribution in [0.2, 0.25) is 0 Å². The van der Waals surface area contributed by atoms with Gasteiger partial charge in [0.1, 0.15) is 5.82 Å². The van der Waals surface area contributed by atoms with E-state index in [9.17, 15) is 0 Å². The van der Waals surface area contributed by atoms with Gasteiger partial charge in [0.15, 0.2) is 5.82 Å². The molecule has 2 N–H and O–H groups in total. The van der Waals surface area contributed by atoms with Gasteiger partial charge in [-0.1, -0.05) is 34.1 Å². The Bertz CT molecular complexity index is 586. The lowest BCUT2D eigenvalue weighted by Gasteiger charge is -2.07. The molecule has 0 amide bonds. The molecular formula is C12H10BrN3S. The van der Waals surface area contributed by atoms with Crippen LogP contribution in [0.3, 0.4) is 0 Å². The summed E-state index contributed by atoms with van der Waals surface area (Å²) >= 11 is 5.34. The van der Waals surface area contributed by atoms with Gasteiger partial charge in [-0.2, -0.15) is 11.8 Å². The molecule has 2 aromatic rings. The number of nitrogens with two attached hydrogens (primary N) is 1. The second kappa shape index (κ2) is 4.31. The quantitative estimate of drug-likeness (QED) is 0.879. The molecule has 1 aromatic carbocycles. The van der Waals surface area contributed by atoms with Gasteiger partial charge in [-0.3, -0.25) is 0 Å². The number of rotatable bonds is 1. The third-order valence-electron chi connectivity index (χ3n) is 2.72. The summed E-state index contributed by atoms with van der Waals surface area (Å²) < 4.78 is 0.991. The summed E-state index contributed by atoms with van der Waals surface area (Å²) in [5.74, 6) is 3.18. The molecule has 1 aliphatic rings. The van der Waals surface area contributed by atoms with E-state index in [1.807, 2.05) is 36.0 Å². The molecule has 1 aromatic heterocycles. The number of benzene rings is 1. The summed E-state index contributed by atoms with van der Waals surface area (Å²) in [4.78, 5) is 9.00. The number of anilines is 1. The van der Waals surface area contributed by atoms with Gasteiger partial charge in [0, 0.05) is 27.1 Å². The van der Waals surface area contributed by atoms with Crippen LogP contribution in [0.25, 0.3) is 11.4 Å². The lowest BCUT2D eigenvalue weighted by Crippen LogP contribution is -2.03. The normalized spacial score (nSPS) is 13.7. The van der Waals surface area contributed by atoms with Gasteiger partial charge in [-0.05, 0) is 6.07 Å². The van der Waals surface area contributed by atoms with E-state index < -0.39 is 0 Å². The third kappa shape index (κ3) is 1.93. The molecule has 17 heavy (non-hydrogen) atoms. The largest absolute Gasteiger partial charge is 0.383 e. The highest BCUT2D eigenvalue weighted by molar-refractivity contribution is 9.10. The minimum atomic E-state index is 0.616. The highest BCUT2D eigenvalue weighted by Crippen LogP contribution is 2.34. The van der Waals surface area contributed by atoms with Crippen molar-refractivity contribution in [1.82, 2.24) is 9.97 Å². The molecular weight excluding hydrogens is 298 g/mol. The van der Waals surface area contributed by atoms with E-state index in [-0.39, 0.29) is 0 Å². The Labute approximate surface area is 112 Å². The molecule has 0 saturated heterocycles. The maximum Gasteiger partial charge on any atom is 0.162 e. The second-order valence-electron chi connectivity index (χ2n) is 3.83. The Morgan fingerprint density at radius 1 is 1.18 bits per heavy atom. The van der Waals surface area contributed by atoms with Crippen molar-refractivity contribution in [2.24, 2.45) is 0 Å². The molecule has 0 bridgehead atoms. The lowest BCUT2D eigenvalue weighted by molar-refractivity contribution is 1.08. The van der Waals surface area contributed by atoms with E-state index >= 15 is 0 Å². The summed E-state index contributed by atoms with van der Waals surface area (Å²) in [6.07, 6.45) is 0. The van der Waals surface area contributed by atoms with Crippen molar-refractivity contribution in [2.45, 2.75) is 11.5 Å². The van der Waals surface area contributed by atoms with Crippen LogP contribution >= 0.6 is 27.7 Å². The summed E-state index contributed by atoms with van der Waals surface area (Å²) in [6, 6.07) is 7.92. The molecule has 5 heteroatoms. The topological polar surface area (TPSA) is 51.8 Å². The first-order valence-electron chi connectivity index (χ1n) is 5.23. The Kier molecular flexibility index (Phi) is 2.80. The second-order valence-corrected chi connectivity index (χ2v) is 5.67. The SMILES string of the molecule is Nc1nc(-c2ccccc2Br)nc2c1CSC2. The van der Waals surface area contributed by atoms with Gasteiger partial charge < -0.3 is 5.73 Å². The minimum absolute atomic E-state index is 0.616. The lowest BCUT2D eigenvalue weighted by atomic mass is 10.2. The molecule has 0 radical (unpaired) electrons. The molecule has 0 saturated carbocycles. The average molecular weight is 308 g/mol. The molecule has 0 spiro atoms. The number of nitrogen functional groups attached to an aromatic ring is 1. The molecule has 0 unspecified atom stereocenters. The van der Waals surface area contributed by atoms with Crippen molar-refractivity contribution in [1.29, 1.82) is 0 Å². The Morgan fingerprint density at radius 3 is 2.82 bits per heavy atom. The molecule has 0 fully saturated rings. The standard InChI is InChI=1S/C12H10BrN3S/c13-9-4-2-1-3-7(9)12-15-10-6-17-5-8(10)11(14)16-12/h1-4H,5-6H2,(H2,14,15,16). The van der Waals surface area contributed by atoms with Crippen LogP contribution in [0, 0.1) is 0 Å². The smallest absolute Gasteiger partial charge is 0.162 e. The van der Waals surface area contributed by atoms with Crippen molar-refractivity contribution < 1.29 is 0 Å². The van der Waals surface area contributed by atoms with E-state index in [0.717, 1.165) is 32.8 Å². The van der Waals surface area contributed by atoms with Gasteiger partial charge in [0.25, 0.3) is 0 Å². The molecule has 0 aliphatic carbocycles. The highest BCUT2D eigenvalue weighted by atomic mass is 79.9. The number of fused-ring (bicyclic) bond motifs is 1. The number of hydrogen-bond donors (Lipinski definition) is 1. The van der Waals surface area contributed by atoms with Gasteiger partial charge in [0.2, 0.25) is 0 Å². The number of hydrogen-bond acceptors (Lipinski definition) is 4. The zero-order valence-corrected chi connectivity index (χ0v) is 11.4. The fourth-order valence-electron chi connectivity index (χ4n) is 1.84. The van der Waals surface area contributed by atoms with Gasteiger partial charge in [-0.15, -0.1) is 0 Å². The van der Waals surface area contributed by atoms with E-state index in [4.69, 9.17) is 5.73 Å². The fraction of sp³-hybridized carbons (Fsp3) is 0.167. The number of thioether (sulfide) groups is 1. The van der Waals surface area contributed by atoms with Crippen LogP contribution < -0.4 is 5.73 Å². The molecule has 1 aliphatic heterocycles. The summed E-state index contributed by atoms with van der Waals surface area (Å²) in [5, 5.41) is 0. The first kappa shape index (κ1) is 11.0. The number of aromatic nitrogens is 2. The summed E-state index contributed by atoms with van der Waals surface area (Å²) in [7, 11) is 0. The van der Waals surface area contributed by atoms with Gasteiger partial charge in [-0.25, -0.2) is 9.97 Å². The maximum atomic E-state index is 5.98. The van der Waals surface area contributed by atoms with Crippen LogP contribution in [0.4, 0.5) is 5.82 Å². The monoisotopic (exact) mass is 307 g/mol. The van der Waals surface area contributed by atoms with Crippen molar-refractivity contribution in [3.05, 3.63) is 40.0 Å². The van der Waals surface area contributed by atoms with Crippen molar-refractivity contribution in [2.75, 3.05) is 5.73 Å². The van der Waals surface area contributed by atoms with E-state index in [1.165, 1.54) is 0 Å². The van der Waals surface area contributed by atoms with Crippen LogP contribution in [0.5, 0.6) is 0 Å². The number of halogens is 1. The van der Waals surface area contributed by atoms with Crippen molar-refractivity contribution >= 4 is 33.5 Å². The molecule has 3 rings (SSSR count). The van der Waals surface area contributed by atoms with E-state index in [2.05, 4.69) is 25.9 Å². The Hall–Kier alpha value is -1.07. The van der Waals surface area contributed by atoms with Crippen LogP contribution in [-0.2, 0) is 11.5 Å². The Balaban J connectivity index is 2.17. The van der Waals surface area contributed by atoms with Gasteiger partial charge in [0.05, 0.1) is 5.69 Å². The van der Waals surface area contributed by atoms with Gasteiger partial charge >= 0.3 is 0 Å². The average Bonchev–Trinajstić information content (AvgIpc) is 2.78. The summed E-state index contributed by atoms with van der Waals surface area (Å²) in [5.41, 5.74) is 9.15. The molecule has 2 heterocycles. The predicted molar refractivity (Wildman–Crippen MR) is 74.6 cm³/mol. The highest BCUT2D eigenvalue weighted by Gasteiger charge is 2.19. The van der Waals surface area contributed by atoms with Crippen LogP contribution in [-0.4, -0.2) is 9.97 Å². The third-order valence-corrected chi connectivity index (χ3v) is 4.39. The Morgan fingerprint density at radius 2 is 2.00 bits per heavy atom. The first-order valence-corrected chi connectivity index (χ1v) is 7.18. The van der Waals surface area contributed by atoms with Crippen molar-refractivity contribution in [3.63, 3.8) is 0 Å². The maximum absolute atomic E-state index is 5.98. The van der Waals surface area contributed by atoms with E-state index in [1.54, 1.807) is 0 Å². The predicted octanol–water partition coefficient (Wildman–Crippen LogP) is 3.24. The fourth-order valence-corrected chi connectivity index (χ4v) is 3.35. The molecule has 3 nitrogen and oxygen atoms in total. The zero-order valence-electron chi connectivity index (χ0n) is 8.98. The molecule has 86 valence electrons. The minimum Gasteiger partial charge on any atom is -0.383 e.